The second-order valence-corrected chi connectivity index (χ2v) is 5.92. The van der Waals surface area contributed by atoms with Gasteiger partial charge < -0.3 is 0 Å². The molecule has 0 fully saturated rings. The Kier molecular flexibility index (Phi) is 6.08. The molecular formula is C23H23F. The minimum absolute atomic E-state index is 0.240. The zero-order valence-electron chi connectivity index (χ0n) is 14.2. The maximum Gasteiger partial charge on any atom is 0.131 e. The first-order chi connectivity index (χ1) is 11.5. The molecule has 0 spiro atoms. The van der Waals surface area contributed by atoms with E-state index < -0.39 is 0 Å². The standard InChI is InChI=1S/C23H23F/c1-5-6-7-19-10-12-20(13-11-19)22-15-14-21(16-23(22)24)18(4)9-8-17(2)3/h5,8-16H,1-2,4,6-7H2,3H3/b9-8-. The number of benzene rings is 2. The maximum absolute atomic E-state index is 14.5. The largest absolute Gasteiger partial charge is 0.206 e. The van der Waals surface area contributed by atoms with E-state index in [1.54, 1.807) is 0 Å². The molecule has 122 valence electrons. The van der Waals surface area contributed by atoms with Gasteiger partial charge in [-0.1, -0.05) is 73.4 Å². The van der Waals surface area contributed by atoms with Gasteiger partial charge in [0.05, 0.1) is 0 Å². The fourth-order valence-electron chi connectivity index (χ4n) is 2.41. The number of hydrogen-bond acceptors (Lipinski definition) is 0. The van der Waals surface area contributed by atoms with Crippen molar-refractivity contribution < 1.29 is 4.39 Å². The molecule has 24 heavy (non-hydrogen) atoms. The quantitative estimate of drug-likeness (QED) is 0.391. The van der Waals surface area contributed by atoms with Gasteiger partial charge in [-0.2, -0.15) is 0 Å². The Labute approximate surface area is 144 Å². The van der Waals surface area contributed by atoms with Crippen molar-refractivity contribution in [2.24, 2.45) is 0 Å². The summed E-state index contributed by atoms with van der Waals surface area (Å²) in [5.74, 6) is -0.240. The molecule has 0 heterocycles. The maximum atomic E-state index is 14.5. The summed E-state index contributed by atoms with van der Waals surface area (Å²) >= 11 is 0. The van der Waals surface area contributed by atoms with Crippen molar-refractivity contribution >= 4 is 5.57 Å². The highest BCUT2D eigenvalue weighted by Gasteiger charge is 2.07. The number of hydrogen-bond donors (Lipinski definition) is 0. The van der Waals surface area contributed by atoms with E-state index in [9.17, 15) is 4.39 Å². The summed E-state index contributed by atoms with van der Waals surface area (Å²) in [5, 5.41) is 0. The van der Waals surface area contributed by atoms with Crippen molar-refractivity contribution in [2.45, 2.75) is 19.8 Å². The first-order valence-corrected chi connectivity index (χ1v) is 8.04. The van der Waals surface area contributed by atoms with Crippen LogP contribution in [0.2, 0.25) is 0 Å². The van der Waals surface area contributed by atoms with Crippen molar-refractivity contribution in [1.29, 1.82) is 0 Å². The lowest BCUT2D eigenvalue weighted by Crippen LogP contribution is -1.89. The van der Waals surface area contributed by atoms with Crippen molar-refractivity contribution in [3.05, 3.63) is 103 Å². The molecule has 0 aromatic heterocycles. The third-order valence-corrected chi connectivity index (χ3v) is 3.81. The van der Waals surface area contributed by atoms with E-state index >= 15 is 0 Å². The molecule has 2 aromatic carbocycles. The third kappa shape index (κ3) is 4.66. The summed E-state index contributed by atoms with van der Waals surface area (Å²) in [5.41, 5.74) is 5.19. The predicted molar refractivity (Wildman–Crippen MR) is 103 cm³/mol. The Bertz CT molecular complexity index is 776. The molecular weight excluding hydrogens is 295 g/mol. The van der Waals surface area contributed by atoms with E-state index in [1.807, 2.05) is 61.5 Å². The van der Waals surface area contributed by atoms with Crippen LogP contribution in [-0.4, -0.2) is 0 Å². The zero-order valence-corrected chi connectivity index (χ0v) is 14.2. The lowest BCUT2D eigenvalue weighted by Gasteiger charge is -2.08. The van der Waals surface area contributed by atoms with Gasteiger partial charge in [0.1, 0.15) is 5.82 Å². The molecule has 2 rings (SSSR count). The van der Waals surface area contributed by atoms with Crippen LogP contribution >= 0.6 is 0 Å². The van der Waals surface area contributed by atoms with Crippen LogP contribution in [0.1, 0.15) is 24.5 Å². The topological polar surface area (TPSA) is 0 Å². The average Bonchev–Trinajstić information content (AvgIpc) is 2.58. The van der Waals surface area contributed by atoms with Crippen molar-refractivity contribution in [2.75, 3.05) is 0 Å². The number of rotatable bonds is 7. The lowest BCUT2D eigenvalue weighted by atomic mass is 9.98. The Morgan fingerprint density at radius 3 is 2.33 bits per heavy atom. The van der Waals surface area contributed by atoms with Gasteiger partial charge in [0.2, 0.25) is 0 Å². The summed E-state index contributed by atoms with van der Waals surface area (Å²) in [6.45, 7) is 13.4. The van der Waals surface area contributed by atoms with Crippen LogP contribution in [0.4, 0.5) is 4.39 Å². The van der Waals surface area contributed by atoms with E-state index in [0.717, 1.165) is 35.1 Å². The summed E-state index contributed by atoms with van der Waals surface area (Å²) < 4.78 is 14.5. The normalized spacial score (nSPS) is 10.8. The van der Waals surface area contributed by atoms with E-state index in [2.05, 4.69) is 19.7 Å². The number of halogens is 1. The Morgan fingerprint density at radius 2 is 1.75 bits per heavy atom. The molecule has 0 aliphatic rings. The molecule has 0 atom stereocenters. The molecule has 0 aliphatic heterocycles. The minimum Gasteiger partial charge on any atom is -0.206 e. The second kappa shape index (κ2) is 8.26. The SMILES string of the molecule is C=CCCc1ccc(-c2ccc(C(=C)/C=C\C(=C)C)cc2F)cc1. The van der Waals surface area contributed by atoms with Gasteiger partial charge in [-0.25, -0.2) is 4.39 Å². The summed E-state index contributed by atoms with van der Waals surface area (Å²) in [6, 6.07) is 13.3. The van der Waals surface area contributed by atoms with Crippen LogP contribution in [-0.2, 0) is 6.42 Å². The smallest absolute Gasteiger partial charge is 0.131 e. The summed E-state index contributed by atoms with van der Waals surface area (Å²) in [7, 11) is 0. The molecule has 0 radical (unpaired) electrons. The van der Waals surface area contributed by atoms with Crippen molar-refractivity contribution in [3.63, 3.8) is 0 Å². The predicted octanol–water partition coefficient (Wildman–Crippen LogP) is 6.76. The van der Waals surface area contributed by atoms with Gasteiger partial charge in [-0.15, -0.1) is 6.58 Å². The number of allylic oxidation sites excluding steroid dienone is 5. The molecule has 0 N–H and O–H groups in total. The molecule has 2 aromatic rings. The fraction of sp³-hybridized carbons (Fsp3) is 0.130. The van der Waals surface area contributed by atoms with Crippen LogP contribution in [0.15, 0.2) is 86.0 Å². The van der Waals surface area contributed by atoms with E-state index in [4.69, 9.17) is 0 Å². The molecule has 1 heteroatoms. The minimum atomic E-state index is -0.240. The van der Waals surface area contributed by atoms with E-state index in [-0.39, 0.29) is 5.82 Å². The molecule has 0 amide bonds. The average molecular weight is 318 g/mol. The third-order valence-electron chi connectivity index (χ3n) is 3.81. The molecule has 0 saturated heterocycles. The lowest BCUT2D eigenvalue weighted by molar-refractivity contribution is 0.631. The van der Waals surface area contributed by atoms with Crippen LogP contribution in [0.5, 0.6) is 0 Å². The fourth-order valence-corrected chi connectivity index (χ4v) is 2.41. The summed E-state index contributed by atoms with van der Waals surface area (Å²) in [4.78, 5) is 0. The Morgan fingerprint density at radius 1 is 1.04 bits per heavy atom. The zero-order chi connectivity index (χ0) is 17.5. The molecule has 0 aliphatic carbocycles. The highest BCUT2D eigenvalue weighted by atomic mass is 19.1. The molecule has 0 unspecified atom stereocenters. The van der Waals surface area contributed by atoms with Crippen molar-refractivity contribution in [1.82, 2.24) is 0 Å². The van der Waals surface area contributed by atoms with Crippen LogP contribution in [0, 0.1) is 5.82 Å². The first kappa shape index (κ1) is 17.7. The highest BCUT2D eigenvalue weighted by Crippen LogP contribution is 2.26. The van der Waals surface area contributed by atoms with Crippen LogP contribution < -0.4 is 0 Å². The first-order valence-electron chi connectivity index (χ1n) is 8.04. The van der Waals surface area contributed by atoms with E-state index in [1.165, 1.54) is 11.6 Å². The van der Waals surface area contributed by atoms with Gasteiger partial charge in [-0.3, -0.25) is 0 Å². The van der Waals surface area contributed by atoms with Crippen LogP contribution in [0.3, 0.4) is 0 Å². The molecule has 0 nitrogen and oxygen atoms in total. The van der Waals surface area contributed by atoms with Gasteiger partial charge >= 0.3 is 0 Å². The van der Waals surface area contributed by atoms with Gasteiger partial charge in [-0.05, 0) is 48.1 Å². The highest BCUT2D eigenvalue weighted by molar-refractivity contribution is 5.75. The van der Waals surface area contributed by atoms with Gasteiger partial charge in [0, 0.05) is 5.56 Å². The molecule has 0 bridgehead atoms. The summed E-state index contributed by atoms with van der Waals surface area (Å²) in [6.07, 6.45) is 7.53. The van der Waals surface area contributed by atoms with Gasteiger partial charge in [0.25, 0.3) is 0 Å². The monoisotopic (exact) mass is 318 g/mol. The Hall–Kier alpha value is -2.67. The van der Waals surface area contributed by atoms with Gasteiger partial charge in [0.15, 0.2) is 0 Å². The van der Waals surface area contributed by atoms with Crippen molar-refractivity contribution in [3.8, 4) is 11.1 Å². The Balaban J connectivity index is 2.21. The second-order valence-electron chi connectivity index (χ2n) is 5.92. The molecule has 0 saturated carbocycles. The van der Waals surface area contributed by atoms with Crippen LogP contribution in [0.25, 0.3) is 16.7 Å². The van der Waals surface area contributed by atoms with E-state index in [0.29, 0.717) is 5.56 Å². The number of aryl methyl sites for hydroxylation is 1.